The van der Waals surface area contributed by atoms with Crippen LogP contribution in [0.2, 0.25) is 0 Å². The van der Waals surface area contributed by atoms with Crippen LogP contribution < -0.4 is 4.90 Å². The Morgan fingerprint density at radius 3 is 2.77 bits per heavy atom. The first-order chi connectivity index (χ1) is 14.4. The number of carbonyl (C=O) groups excluding carboxylic acids is 2. The molecule has 2 amide bonds. The van der Waals surface area contributed by atoms with Crippen LogP contribution in [-0.4, -0.2) is 24.7 Å². The lowest BCUT2D eigenvalue weighted by Crippen LogP contribution is -2.66. The van der Waals surface area contributed by atoms with Gasteiger partial charge in [0, 0.05) is 12.2 Å². The van der Waals surface area contributed by atoms with Crippen molar-refractivity contribution in [2.45, 2.75) is 71.0 Å². The third kappa shape index (κ3) is 2.84. The van der Waals surface area contributed by atoms with Crippen LogP contribution in [0.4, 0.5) is 10.5 Å². The third-order valence-electron chi connectivity index (χ3n) is 8.16. The van der Waals surface area contributed by atoms with E-state index in [2.05, 4.69) is 20.8 Å². The van der Waals surface area contributed by atoms with E-state index in [1.807, 2.05) is 24.3 Å². The Hall–Kier alpha value is -1.88. The molecule has 2 aliphatic carbocycles. The van der Waals surface area contributed by atoms with Gasteiger partial charge >= 0.3 is 6.09 Å². The Morgan fingerprint density at radius 2 is 2.00 bits per heavy atom. The smallest absolute Gasteiger partial charge is 0.421 e. The fourth-order valence-corrected chi connectivity index (χ4v) is 6.54. The molecule has 1 aromatic rings. The number of hydrogen-bond donors (Lipinski definition) is 0. The van der Waals surface area contributed by atoms with E-state index in [0.29, 0.717) is 36.0 Å². The van der Waals surface area contributed by atoms with Crippen LogP contribution >= 0.6 is 0 Å². The molecule has 0 unspecified atom stereocenters. The lowest BCUT2D eigenvalue weighted by molar-refractivity contribution is -0.226. The van der Waals surface area contributed by atoms with Gasteiger partial charge in [-0.1, -0.05) is 45.4 Å². The summed E-state index contributed by atoms with van der Waals surface area (Å²) in [7, 11) is 0. The molecule has 2 aliphatic heterocycles. The SMILES string of the molecule is CC(C)[C@@H]1CC[C@@H](C)C[C@H]1OC(=O)N1C(=O)[C@H]2C[C@@H]3CCCO[C@@]32c2ccccc21. The summed E-state index contributed by atoms with van der Waals surface area (Å²) >= 11 is 0. The largest absolute Gasteiger partial charge is 0.445 e. The second kappa shape index (κ2) is 7.37. The predicted molar refractivity (Wildman–Crippen MR) is 114 cm³/mol. The van der Waals surface area contributed by atoms with E-state index in [0.717, 1.165) is 37.7 Å². The maximum Gasteiger partial charge on any atom is 0.421 e. The molecule has 0 radical (unpaired) electrons. The van der Waals surface area contributed by atoms with Crippen LogP contribution in [0.5, 0.6) is 0 Å². The molecule has 0 bridgehead atoms. The minimum Gasteiger partial charge on any atom is -0.445 e. The zero-order valence-electron chi connectivity index (χ0n) is 18.3. The molecule has 1 aromatic carbocycles. The number of imide groups is 1. The van der Waals surface area contributed by atoms with Gasteiger partial charge in [0.25, 0.3) is 0 Å². The quantitative estimate of drug-likeness (QED) is 0.665. The predicted octanol–water partition coefficient (Wildman–Crippen LogP) is 5.27. The summed E-state index contributed by atoms with van der Waals surface area (Å²) in [6.07, 6.45) is 5.40. The van der Waals surface area contributed by atoms with Crippen molar-refractivity contribution >= 4 is 17.7 Å². The summed E-state index contributed by atoms with van der Waals surface area (Å²) in [6.45, 7) is 7.29. The molecule has 5 heteroatoms. The second-order valence-corrected chi connectivity index (χ2v) is 10.2. The summed E-state index contributed by atoms with van der Waals surface area (Å²) in [5.41, 5.74) is 1.10. The van der Waals surface area contributed by atoms with Gasteiger partial charge in [-0.05, 0) is 61.8 Å². The molecular formula is C25H33NO4. The van der Waals surface area contributed by atoms with Crippen LogP contribution in [0, 0.1) is 29.6 Å². The van der Waals surface area contributed by atoms with Crippen molar-refractivity contribution < 1.29 is 19.1 Å². The zero-order chi connectivity index (χ0) is 21.0. The van der Waals surface area contributed by atoms with Gasteiger partial charge in [0.15, 0.2) is 0 Å². The Labute approximate surface area is 179 Å². The van der Waals surface area contributed by atoms with Gasteiger partial charge in [0.2, 0.25) is 5.91 Å². The van der Waals surface area contributed by atoms with Crippen LogP contribution in [0.15, 0.2) is 24.3 Å². The maximum absolute atomic E-state index is 13.5. The standard InChI is InChI=1S/C25H33NO4/c1-15(2)18-11-10-16(3)13-22(18)30-24(28)26-21-9-5-4-8-19(21)25-17(7-6-12-29-25)14-20(25)23(26)27/h4-5,8-9,15-18,20,22H,6-7,10-14H2,1-3H3/t16-,17+,18+,20-,22-,25-/m1/s1. The highest BCUT2D eigenvalue weighted by molar-refractivity contribution is 6.16. The summed E-state index contributed by atoms with van der Waals surface area (Å²) in [5.74, 6) is 1.27. The lowest BCUT2D eigenvalue weighted by atomic mass is 9.53. The number of hydrogen-bond acceptors (Lipinski definition) is 4. The highest BCUT2D eigenvalue weighted by Gasteiger charge is 2.66. The number of nitrogens with zero attached hydrogens (tertiary/aromatic N) is 1. The van der Waals surface area contributed by atoms with Crippen molar-refractivity contribution in [3.63, 3.8) is 0 Å². The van der Waals surface area contributed by atoms with Gasteiger partial charge in [0.1, 0.15) is 11.7 Å². The van der Waals surface area contributed by atoms with Gasteiger partial charge in [-0.25, -0.2) is 9.69 Å². The monoisotopic (exact) mass is 411 g/mol. The van der Waals surface area contributed by atoms with Crippen molar-refractivity contribution in [2.75, 3.05) is 11.5 Å². The molecule has 2 heterocycles. The molecule has 3 fully saturated rings. The number of rotatable bonds is 2. The van der Waals surface area contributed by atoms with E-state index in [9.17, 15) is 9.59 Å². The van der Waals surface area contributed by atoms with Gasteiger partial charge in [-0.15, -0.1) is 0 Å². The summed E-state index contributed by atoms with van der Waals surface area (Å²) in [4.78, 5) is 28.2. The highest BCUT2D eigenvalue weighted by atomic mass is 16.6. The average Bonchev–Trinajstić information content (AvgIpc) is 2.69. The van der Waals surface area contributed by atoms with Crippen LogP contribution in [-0.2, 0) is 19.9 Å². The van der Waals surface area contributed by atoms with E-state index >= 15 is 0 Å². The van der Waals surface area contributed by atoms with Crippen LogP contribution in [0.3, 0.4) is 0 Å². The van der Waals surface area contributed by atoms with Crippen molar-refractivity contribution in [2.24, 2.45) is 29.6 Å². The Kier molecular flexibility index (Phi) is 4.92. The molecular weight excluding hydrogens is 378 g/mol. The fourth-order valence-electron chi connectivity index (χ4n) is 6.54. The molecule has 5 rings (SSSR count). The summed E-state index contributed by atoms with van der Waals surface area (Å²) in [5, 5.41) is 0. The van der Waals surface area contributed by atoms with E-state index in [1.54, 1.807) is 0 Å². The third-order valence-corrected chi connectivity index (χ3v) is 8.16. The van der Waals surface area contributed by atoms with Crippen molar-refractivity contribution in [3.8, 4) is 0 Å². The highest BCUT2D eigenvalue weighted by Crippen LogP contribution is 2.62. The van der Waals surface area contributed by atoms with E-state index in [-0.39, 0.29) is 17.9 Å². The molecule has 1 saturated heterocycles. The number of benzene rings is 1. The van der Waals surface area contributed by atoms with Gasteiger partial charge in [-0.2, -0.15) is 0 Å². The number of fused-ring (bicyclic) bond motifs is 1. The van der Waals surface area contributed by atoms with Crippen molar-refractivity contribution in [1.82, 2.24) is 0 Å². The number of ether oxygens (including phenoxy) is 2. The number of anilines is 1. The molecule has 5 nitrogen and oxygen atoms in total. The van der Waals surface area contributed by atoms with Gasteiger partial charge in [0.05, 0.1) is 11.6 Å². The minimum atomic E-state index is -0.539. The number of carbonyl (C=O) groups is 2. The molecule has 0 N–H and O–H groups in total. The maximum atomic E-state index is 13.5. The first-order valence-corrected chi connectivity index (χ1v) is 11.7. The Morgan fingerprint density at radius 1 is 1.20 bits per heavy atom. The lowest BCUT2D eigenvalue weighted by Gasteiger charge is -2.60. The van der Waals surface area contributed by atoms with Crippen LogP contribution in [0.1, 0.15) is 64.9 Å². The van der Waals surface area contributed by atoms with Gasteiger partial charge in [-0.3, -0.25) is 4.79 Å². The Bertz CT molecular complexity index is 851. The van der Waals surface area contributed by atoms with E-state index in [4.69, 9.17) is 9.47 Å². The number of amides is 2. The summed E-state index contributed by atoms with van der Waals surface area (Å²) < 4.78 is 12.4. The normalized spacial score (nSPS) is 37.7. The molecule has 1 spiro atoms. The van der Waals surface area contributed by atoms with E-state index < -0.39 is 11.7 Å². The first kappa shape index (κ1) is 20.0. The zero-order valence-corrected chi connectivity index (χ0v) is 18.3. The van der Waals surface area contributed by atoms with Crippen LogP contribution in [0.25, 0.3) is 0 Å². The minimum absolute atomic E-state index is 0.128. The molecule has 0 aromatic heterocycles. The topological polar surface area (TPSA) is 55.8 Å². The number of para-hydroxylation sites is 1. The molecule has 6 atom stereocenters. The van der Waals surface area contributed by atoms with Gasteiger partial charge < -0.3 is 9.47 Å². The fraction of sp³-hybridized carbons (Fsp3) is 0.680. The Balaban J connectivity index is 1.46. The molecule has 2 saturated carbocycles. The van der Waals surface area contributed by atoms with Crippen molar-refractivity contribution in [1.29, 1.82) is 0 Å². The van der Waals surface area contributed by atoms with Crippen molar-refractivity contribution in [3.05, 3.63) is 29.8 Å². The first-order valence-electron chi connectivity index (χ1n) is 11.7. The average molecular weight is 412 g/mol. The molecule has 4 aliphatic rings. The van der Waals surface area contributed by atoms with E-state index in [1.165, 1.54) is 11.3 Å². The molecule has 162 valence electrons. The summed E-state index contributed by atoms with van der Waals surface area (Å²) in [6, 6.07) is 7.77. The molecule has 30 heavy (non-hydrogen) atoms. The second-order valence-electron chi connectivity index (χ2n) is 10.2.